The highest BCUT2D eigenvalue weighted by Crippen LogP contribution is 2.62. The first kappa shape index (κ1) is 80.5. The number of ether oxygens (including phenoxy) is 7. The van der Waals surface area contributed by atoms with Gasteiger partial charge in [0.05, 0.1) is 38.8 Å². The third-order valence-electron chi connectivity index (χ3n) is 17.6. The predicted octanol–water partition coefficient (Wildman–Crippen LogP) is 7.31. The molecule has 0 radical (unpaired) electrons. The number of phosphoric acid groups is 2. The number of unbranched alkanes of at least 4 members (excludes halogenated alkanes) is 12. The summed E-state index contributed by atoms with van der Waals surface area (Å²) in [4.78, 5) is 108. The smallest absolute Gasteiger partial charge is 0.465 e. The number of phosphoric ester groups is 2. The Balaban J connectivity index is 0.820. The Labute approximate surface area is 599 Å². The Kier molecular flexibility index (Phi) is 28.7. The molecule has 0 aliphatic carbocycles. The van der Waals surface area contributed by atoms with Crippen molar-refractivity contribution in [2.45, 2.75) is 203 Å². The van der Waals surface area contributed by atoms with Crippen molar-refractivity contribution in [3.63, 3.8) is 0 Å². The molecular weight excluding hydrogens is 1480 g/mol. The van der Waals surface area contributed by atoms with Gasteiger partial charge in [-0.2, -0.15) is 0 Å². The van der Waals surface area contributed by atoms with Gasteiger partial charge in [0.25, 0.3) is 0 Å². The van der Waals surface area contributed by atoms with Gasteiger partial charge in [-0.25, -0.2) is 63.1 Å². The molecule has 103 heavy (non-hydrogen) atoms. The fourth-order valence-electron chi connectivity index (χ4n) is 12.5. The number of rotatable bonds is 43. The highest BCUT2D eigenvalue weighted by Gasteiger charge is 2.62. The lowest BCUT2D eigenvalue weighted by Crippen LogP contribution is -2.51. The number of hydrogen-bond acceptors (Lipinski definition) is 34. The summed E-state index contributed by atoms with van der Waals surface area (Å²) in [7, 11) is -9.80. The number of nitrogens with zero attached hydrogens (tertiary/aromatic N) is 12. The highest BCUT2D eigenvalue weighted by molar-refractivity contribution is 8.55. The Bertz CT molecular complexity index is 4010. The van der Waals surface area contributed by atoms with Crippen molar-refractivity contribution in [2.24, 2.45) is 0 Å². The summed E-state index contributed by atoms with van der Waals surface area (Å²) >= 11 is 0.987. The zero-order valence-corrected chi connectivity index (χ0v) is 62.1. The molecule has 572 valence electrons. The average molecular weight is 1570 g/mol. The number of carbonyl (C=O) groups is 2. The second-order valence-electron chi connectivity index (χ2n) is 24.8. The van der Waals surface area contributed by atoms with Crippen LogP contribution in [0.5, 0.6) is 0 Å². The standard InChI is InChI=1S/C58H89N15O24P4S2/c1-4-6-8-10-12-14-16-19-38(74)86-23-25-102-100(81,82)90-28-37-44(85-3)46(56(93-37)72-34-69-41-50(60)63-31-66-53(41)72)96-98(77,78)89-27-36-43(76)45(55(92-36)71-33-68-40-49(59)62-30-65-52(40)71)95-99(79,80)91-29-58-21-18-22-88-48(58)47(57(94-58)73-35-70-42-51(61)64-32-67-54(42)73)97-101(83,84)103-26-24-87-39(75)20-17-15-13-11-9-7-5-2/h30-37,43-48,55-57,76H,4-29H2,1-3H3,(H,77,78)(H,79,80)(H,81,82)(H,83,84)(H2,59,62,65)(H2,60,63,66)(H2,61,64,67)/t36-,37-,43?,44?,45+,46+,47+,48?,55-,56-,57-,58-/m1/s1. The molecule has 0 aromatic carbocycles. The summed E-state index contributed by atoms with van der Waals surface area (Å²) in [5.41, 5.74) is 17.0. The van der Waals surface area contributed by atoms with Crippen LogP contribution in [-0.2, 0) is 88.1 Å². The number of imidazole rings is 3. The number of aliphatic hydroxyl groups is 1. The van der Waals surface area contributed by atoms with Crippen molar-refractivity contribution in [3.8, 4) is 0 Å². The van der Waals surface area contributed by atoms with Gasteiger partial charge in [0, 0.05) is 38.1 Å². The van der Waals surface area contributed by atoms with Gasteiger partial charge in [0.1, 0.15) is 103 Å². The van der Waals surface area contributed by atoms with Crippen LogP contribution in [0.1, 0.15) is 148 Å². The van der Waals surface area contributed by atoms with Crippen molar-refractivity contribution < 1.29 is 113 Å². The lowest BCUT2D eigenvalue weighted by atomic mass is 9.89. The van der Waals surface area contributed by atoms with Crippen molar-refractivity contribution in [1.82, 2.24) is 58.6 Å². The second-order valence-corrected chi connectivity index (χ2v) is 35.6. The first-order chi connectivity index (χ1) is 49.4. The number of aromatic nitrogens is 12. The molecule has 45 heteroatoms. The molecule has 0 bridgehead atoms. The minimum Gasteiger partial charge on any atom is -0.465 e. The van der Waals surface area contributed by atoms with Crippen LogP contribution in [0.25, 0.3) is 33.5 Å². The lowest BCUT2D eigenvalue weighted by molar-refractivity contribution is -0.165. The van der Waals surface area contributed by atoms with Crippen molar-refractivity contribution >= 4 is 115 Å². The fraction of sp³-hybridized carbons (Fsp3) is 0.707. The number of nitrogens with two attached hydrogens (primary N) is 3. The van der Waals surface area contributed by atoms with E-state index < -0.39 is 134 Å². The van der Waals surface area contributed by atoms with Crippen LogP contribution in [0.15, 0.2) is 38.0 Å². The summed E-state index contributed by atoms with van der Waals surface area (Å²) in [6.07, 6.45) is 4.19. The molecule has 7 unspecified atom stereocenters. The molecule has 4 aliphatic rings. The van der Waals surface area contributed by atoms with E-state index in [1.165, 1.54) is 33.5 Å². The summed E-state index contributed by atoms with van der Waals surface area (Å²) in [5.74, 6) is -1.28. The number of hydrogen-bond donors (Lipinski definition) is 8. The topological polar surface area (TPSA) is 532 Å². The normalized spacial score (nSPS) is 26.7. The molecular formula is C58H89N15O24P4S2. The molecule has 16 atom stereocenters. The largest absolute Gasteiger partial charge is 0.472 e. The Morgan fingerprint density at radius 2 is 1.02 bits per heavy atom. The molecule has 4 fully saturated rings. The lowest BCUT2D eigenvalue weighted by Gasteiger charge is -2.38. The Morgan fingerprint density at radius 1 is 0.563 bits per heavy atom. The molecule has 39 nitrogen and oxygen atoms in total. The summed E-state index contributed by atoms with van der Waals surface area (Å²) in [6.45, 7) is -7.82. The van der Waals surface area contributed by atoms with Crippen LogP contribution < -0.4 is 17.2 Å². The van der Waals surface area contributed by atoms with E-state index in [1.807, 2.05) is 0 Å². The SMILES string of the molecule is CCCCCCCCCC(=O)OCCSP(=O)(O)OC[C@H]1O[C@@H](n2cnc3c(N)ncnc32)[C@@H](OP(=O)(O)OC[C@H]2O[C@@H](n3cnc4c(N)ncnc43)[C@@H](OP(=O)(O)OC[C@]34CCCOC3[C@H](OP(=O)(O)SCCOC(=O)CCCCCCCCC)[C@H](n3cnc5c(N)ncnc53)O4)C2O)C1OC. The molecule has 6 aromatic rings. The van der Waals surface area contributed by atoms with E-state index in [0.29, 0.717) is 35.6 Å². The fourth-order valence-corrected chi connectivity index (χ4v) is 18.9. The van der Waals surface area contributed by atoms with Crippen molar-refractivity contribution in [1.29, 1.82) is 0 Å². The van der Waals surface area contributed by atoms with E-state index in [1.54, 1.807) is 0 Å². The molecule has 0 saturated carbocycles. The van der Waals surface area contributed by atoms with Crippen molar-refractivity contribution in [2.75, 3.05) is 75.5 Å². The summed E-state index contributed by atoms with van der Waals surface area (Å²) in [6, 6.07) is 0. The predicted molar refractivity (Wildman–Crippen MR) is 369 cm³/mol. The van der Waals surface area contributed by atoms with Crippen LogP contribution in [0.4, 0.5) is 17.5 Å². The van der Waals surface area contributed by atoms with Gasteiger partial charge in [0.15, 0.2) is 53.1 Å². The molecule has 6 aromatic heterocycles. The van der Waals surface area contributed by atoms with E-state index in [-0.39, 0.29) is 108 Å². The molecule has 11 N–H and O–H groups in total. The maximum atomic E-state index is 14.6. The summed E-state index contributed by atoms with van der Waals surface area (Å²) < 4.78 is 137. The Hall–Kier alpha value is -5.03. The molecule has 0 amide bonds. The van der Waals surface area contributed by atoms with Crippen LogP contribution in [0.2, 0.25) is 0 Å². The molecule has 4 saturated heterocycles. The zero-order chi connectivity index (χ0) is 73.5. The minimum atomic E-state index is -5.54. The third kappa shape index (κ3) is 20.8. The molecule has 0 spiro atoms. The van der Waals surface area contributed by atoms with E-state index in [2.05, 4.69) is 58.7 Å². The van der Waals surface area contributed by atoms with Gasteiger partial charge < -0.3 is 75.0 Å². The van der Waals surface area contributed by atoms with Crippen LogP contribution >= 0.6 is 52.0 Å². The maximum Gasteiger partial charge on any atom is 0.472 e. The van der Waals surface area contributed by atoms with Crippen LogP contribution in [0, 0.1) is 0 Å². The van der Waals surface area contributed by atoms with E-state index in [4.69, 9.17) is 77.5 Å². The zero-order valence-electron chi connectivity index (χ0n) is 56.9. The monoisotopic (exact) mass is 1570 g/mol. The van der Waals surface area contributed by atoms with Gasteiger partial charge >= 0.3 is 41.2 Å². The number of nitrogen functional groups attached to an aromatic ring is 3. The van der Waals surface area contributed by atoms with Gasteiger partial charge in [-0.1, -0.05) is 90.9 Å². The average Bonchev–Trinajstić information content (AvgIpc) is 1.58. The van der Waals surface area contributed by atoms with Gasteiger partial charge in [-0.05, 0) is 48.4 Å². The van der Waals surface area contributed by atoms with Gasteiger partial charge in [-0.3, -0.25) is 50.4 Å². The number of carbonyl (C=O) groups excluding carboxylic acids is 2. The number of aliphatic hydroxyl groups excluding tert-OH is 1. The van der Waals surface area contributed by atoms with E-state index >= 15 is 0 Å². The van der Waals surface area contributed by atoms with Crippen LogP contribution in [0.3, 0.4) is 0 Å². The highest BCUT2D eigenvalue weighted by atomic mass is 32.7. The van der Waals surface area contributed by atoms with E-state index in [0.717, 1.165) is 102 Å². The number of anilines is 3. The second kappa shape index (κ2) is 36.7. The van der Waals surface area contributed by atoms with Gasteiger partial charge in [-0.15, -0.1) is 0 Å². The minimum absolute atomic E-state index is 0.0112. The summed E-state index contributed by atoms with van der Waals surface area (Å²) in [5, 5.41) is 12.2. The van der Waals surface area contributed by atoms with Gasteiger partial charge in [0.2, 0.25) is 0 Å². The number of esters is 2. The molecule has 10 heterocycles. The first-order valence-corrected chi connectivity index (χ1v) is 43.2. The number of methoxy groups -OCH3 is 1. The maximum absolute atomic E-state index is 14.6. The first-order valence-electron chi connectivity index (χ1n) is 33.9. The quantitative estimate of drug-likeness (QED) is 0.0106. The molecule has 4 aliphatic heterocycles. The van der Waals surface area contributed by atoms with Crippen LogP contribution in [-0.4, -0.2) is 208 Å². The van der Waals surface area contributed by atoms with E-state index in [9.17, 15) is 52.5 Å². The molecule has 10 rings (SSSR count). The number of fused-ring (bicyclic) bond motifs is 4. The third-order valence-corrected chi connectivity index (χ3v) is 25.5. The van der Waals surface area contributed by atoms with Crippen molar-refractivity contribution in [3.05, 3.63) is 38.0 Å². The Morgan fingerprint density at radius 3 is 1.54 bits per heavy atom.